The van der Waals surface area contributed by atoms with E-state index in [1.54, 1.807) is 37.3 Å². The second kappa shape index (κ2) is 3.66. The highest BCUT2D eigenvalue weighted by atomic mass is 19.4. The van der Waals surface area contributed by atoms with E-state index in [0.29, 0.717) is 11.4 Å². The largest absolute Gasteiger partial charge is 0.450 e. The third-order valence-corrected chi connectivity index (χ3v) is 2.21. The van der Waals surface area contributed by atoms with Gasteiger partial charge < -0.3 is 0 Å². The lowest BCUT2D eigenvalue weighted by Gasteiger charge is -2.11. The lowest BCUT2D eigenvalue weighted by molar-refractivity contribution is -0.146. The predicted molar refractivity (Wildman–Crippen MR) is 53.3 cm³/mol. The predicted octanol–water partition coefficient (Wildman–Crippen LogP) is 3.20. The molecule has 0 atom stereocenters. The Morgan fingerprint density at radius 2 is 1.75 bits per heavy atom. The Morgan fingerprint density at radius 1 is 1.12 bits per heavy atom. The van der Waals surface area contributed by atoms with Gasteiger partial charge in [-0.3, -0.25) is 4.57 Å². The summed E-state index contributed by atoms with van der Waals surface area (Å²) >= 11 is 0. The number of aryl methyl sites for hydroxylation is 1. The average molecular weight is 226 g/mol. The maximum Gasteiger partial charge on any atom is 0.450 e. The average Bonchev–Trinajstić information content (AvgIpc) is 2.61. The van der Waals surface area contributed by atoms with Gasteiger partial charge in [0.15, 0.2) is 0 Å². The van der Waals surface area contributed by atoms with Crippen molar-refractivity contribution in [1.82, 2.24) is 9.55 Å². The Hall–Kier alpha value is -1.78. The summed E-state index contributed by atoms with van der Waals surface area (Å²) in [4.78, 5) is 3.40. The first-order valence-corrected chi connectivity index (χ1v) is 4.67. The number of halogens is 3. The summed E-state index contributed by atoms with van der Waals surface area (Å²) < 4.78 is 39.1. The molecule has 0 bridgehead atoms. The molecule has 16 heavy (non-hydrogen) atoms. The molecule has 0 saturated carbocycles. The monoisotopic (exact) mass is 226 g/mol. The molecular weight excluding hydrogens is 217 g/mol. The molecule has 0 saturated heterocycles. The molecule has 2 aromatic rings. The fraction of sp³-hybridized carbons (Fsp3) is 0.182. The van der Waals surface area contributed by atoms with Gasteiger partial charge in [0.25, 0.3) is 0 Å². The van der Waals surface area contributed by atoms with E-state index in [9.17, 15) is 13.2 Å². The first-order valence-electron chi connectivity index (χ1n) is 4.67. The van der Waals surface area contributed by atoms with Crippen LogP contribution in [0.1, 0.15) is 11.5 Å². The van der Waals surface area contributed by atoms with Gasteiger partial charge >= 0.3 is 6.18 Å². The van der Waals surface area contributed by atoms with Crippen LogP contribution in [0, 0.1) is 6.92 Å². The van der Waals surface area contributed by atoms with Crippen molar-refractivity contribution in [3.05, 3.63) is 48.0 Å². The standard InChI is InChI=1S/C11H9F3N2/c1-8-7-15-10(11(12,13)14)16(8)9-5-3-2-4-6-9/h2-7H,1H3. The Morgan fingerprint density at radius 3 is 2.31 bits per heavy atom. The van der Waals surface area contributed by atoms with E-state index in [1.165, 1.54) is 6.20 Å². The van der Waals surface area contributed by atoms with Gasteiger partial charge in [-0.25, -0.2) is 4.98 Å². The minimum Gasteiger partial charge on any atom is -0.293 e. The summed E-state index contributed by atoms with van der Waals surface area (Å²) in [6.45, 7) is 1.59. The first kappa shape index (κ1) is 10.7. The molecule has 5 heteroatoms. The molecule has 0 aliphatic rings. The Labute approximate surface area is 90.4 Å². The highest BCUT2D eigenvalue weighted by Crippen LogP contribution is 2.30. The fourth-order valence-electron chi connectivity index (χ4n) is 1.54. The molecule has 0 spiro atoms. The number of nitrogens with zero attached hydrogens (tertiary/aromatic N) is 2. The van der Waals surface area contributed by atoms with Gasteiger partial charge in [0, 0.05) is 17.6 Å². The van der Waals surface area contributed by atoms with Crippen LogP contribution >= 0.6 is 0 Å². The molecule has 0 aliphatic heterocycles. The van der Waals surface area contributed by atoms with Crippen LogP contribution in [-0.2, 0) is 6.18 Å². The Balaban J connectivity index is 2.61. The van der Waals surface area contributed by atoms with E-state index in [0.717, 1.165) is 4.57 Å². The van der Waals surface area contributed by atoms with Crippen molar-refractivity contribution < 1.29 is 13.2 Å². The van der Waals surface area contributed by atoms with Crippen molar-refractivity contribution in [3.63, 3.8) is 0 Å². The summed E-state index contributed by atoms with van der Waals surface area (Å²) in [7, 11) is 0. The zero-order chi connectivity index (χ0) is 11.8. The molecule has 0 N–H and O–H groups in total. The van der Waals surface area contributed by atoms with Crippen molar-refractivity contribution in [1.29, 1.82) is 0 Å². The smallest absolute Gasteiger partial charge is 0.293 e. The van der Waals surface area contributed by atoms with Crippen molar-refractivity contribution in [2.75, 3.05) is 0 Å². The van der Waals surface area contributed by atoms with Crippen LogP contribution in [0.15, 0.2) is 36.5 Å². The van der Waals surface area contributed by atoms with Gasteiger partial charge in [-0.15, -0.1) is 0 Å². The molecule has 1 aromatic heterocycles. The highest BCUT2D eigenvalue weighted by Gasteiger charge is 2.37. The molecule has 0 fully saturated rings. The number of rotatable bonds is 1. The van der Waals surface area contributed by atoms with Crippen LogP contribution in [0.3, 0.4) is 0 Å². The molecule has 0 radical (unpaired) electrons. The number of hydrogen-bond acceptors (Lipinski definition) is 1. The number of aromatic nitrogens is 2. The maximum atomic E-state index is 12.7. The van der Waals surface area contributed by atoms with Crippen LogP contribution in [0.5, 0.6) is 0 Å². The van der Waals surface area contributed by atoms with E-state index in [-0.39, 0.29) is 0 Å². The molecule has 0 aliphatic carbocycles. The number of alkyl halides is 3. The molecule has 1 heterocycles. The quantitative estimate of drug-likeness (QED) is 0.730. The topological polar surface area (TPSA) is 17.8 Å². The van der Waals surface area contributed by atoms with Crippen molar-refractivity contribution in [3.8, 4) is 5.69 Å². The van der Waals surface area contributed by atoms with E-state index >= 15 is 0 Å². The normalized spacial score (nSPS) is 11.8. The van der Waals surface area contributed by atoms with Crippen LogP contribution in [-0.4, -0.2) is 9.55 Å². The van der Waals surface area contributed by atoms with E-state index in [4.69, 9.17) is 0 Å². The summed E-state index contributed by atoms with van der Waals surface area (Å²) in [5.74, 6) is -0.892. The van der Waals surface area contributed by atoms with Crippen molar-refractivity contribution in [2.45, 2.75) is 13.1 Å². The SMILES string of the molecule is Cc1cnc(C(F)(F)F)n1-c1ccccc1. The molecule has 84 valence electrons. The van der Waals surface area contributed by atoms with Gasteiger partial charge in [0.1, 0.15) is 0 Å². The zero-order valence-electron chi connectivity index (χ0n) is 8.49. The Kier molecular flexibility index (Phi) is 2.46. The zero-order valence-corrected chi connectivity index (χ0v) is 8.49. The number of hydrogen-bond donors (Lipinski definition) is 0. The van der Waals surface area contributed by atoms with Crippen LogP contribution < -0.4 is 0 Å². The molecule has 0 amide bonds. The summed E-state index contributed by atoms with van der Waals surface area (Å²) in [6.07, 6.45) is -3.22. The number of benzene rings is 1. The number of imidazole rings is 1. The van der Waals surface area contributed by atoms with E-state index < -0.39 is 12.0 Å². The third kappa shape index (κ3) is 1.80. The van der Waals surface area contributed by atoms with Crippen LogP contribution in [0.4, 0.5) is 13.2 Å². The van der Waals surface area contributed by atoms with Gasteiger partial charge in [-0.05, 0) is 19.1 Å². The highest BCUT2D eigenvalue weighted by molar-refractivity contribution is 5.35. The number of para-hydroxylation sites is 1. The van der Waals surface area contributed by atoms with Gasteiger partial charge in [-0.2, -0.15) is 13.2 Å². The minimum absolute atomic E-state index is 0.457. The molecule has 0 unspecified atom stereocenters. The summed E-state index contributed by atoms with van der Waals surface area (Å²) in [5.41, 5.74) is 0.920. The van der Waals surface area contributed by atoms with Crippen molar-refractivity contribution in [2.24, 2.45) is 0 Å². The molecule has 2 rings (SSSR count). The maximum absolute atomic E-state index is 12.7. The van der Waals surface area contributed by atoms with Gasteiger partial charge in [0.05, 0.1) is 0 Å². The van der Waals surface area contributed by atoms with E-state index in [2.05, 4.69) is 4.98 Å². The van der Waals surface area contributed by atoms with Crippen molar-refractivity contribution >= 4 is 0 Å². The second-order valence-corrected chi connectivity index (χ2v) is 3.39. The molecule has 2 nitrogen and oxygen atoms in total. The first-order chi connectivity index (χ1) is 7.50. The minimum atomic E-state index is -4.44. The lowest BCUT2D eigenvalue weighted by atomic mass is 10.3. The van der Waals surface area contributed by atoms with Gasteiger partial charge in [-0.1, -0.05) is 18.2 Å². The van der Waals surface area contributed by atoms with Gasteiger partial charge in [0.2, 0.25) is 5.82 Å². The fourth-order valence-corrected chi connectivity index (χ4v) is 1.54. The Bertz CT molecular complexity index is 486. The third-order valence-electron chi connectivity index (χ3n) is 2.21. The van der Waals surface area contributed by atoms with E-state index in [1.807, 2.05) is 0 Å². The summed E-state index contributed by atoms with van der Waals surface area (Å²) in [5, 5.41) is 0. The summed E-state index contributed by atoms with van der Waals surface area (Å²) in [6, 6.07) is 8.36. The lowest BCUT2D eigenvalue weighted by Crippen LogP contribution is -2.14. The molecule has 1 aromatic carbocycles. The van der Waals surface area contributed by atoms with Crippen LogP contribution in [0.25, 0.3) is 5.69 Å². The van der Waals surface area contributed by atoms with Crippen LogP contribution in [0.2, 0.25) is 0 Å². The molecular formula is C11H9F3N2. The second-order valence-electron chi connectivity index (χ2n) is 3.39.